The minimum atomic E-state index is -3.92. The Kier molecular flexibility index (Phi) is 6.76. The van der Waals surface area contributed by atoms with Gasteiger partial charge in [-0.2, -0.15) is 0 Å². The monoisotopic (exact) mass is 480 g/mol. The standard InChI is InChI=1S/C21H18Cl2N2O5S/c1-12-8-19(30-18-7-6-13(22)9-20(18)29-2)16(11-17(12)23)21(26)25-14-4-3-5-15(10-14)31(24,27)28/h3-11H,1-2H3,(H,25,26)(H2,24,27,28). The maximum Gasteiger partial charge on any atom is 0.259 e. The molecule has 3 aromatic rings. The third-order valence-electron chi connectivity index (χ3n) is 4.27. The van der Waals surface area contributed by atoms with Crippen molar-refractivity contribution in [1.82, 2.24) is 0 Å². The highest BCUT2D eigenvalue weighted by Crippen LogP contribution is 2.37. The van der Waals surface area contributed by atoms with Gasteiger partial charge in [-0.25, -0.2) is 13.6 Å². The van der Waals surface area contributed by atoms with Crippen molar-refractivity contribution >= 4 is 44.8 Å². The average molecular weight is 481 g/mol. The molecule has 0 unspecified atom stereocenters. The van der Waals surface area contributed by atoms with Crippen molar-refractivity contribution in [3.63, 3.8) is 0 Å². The molecule has 0 aliphatic heterocycles. The average Bonchev–Trinajstić information content (AvgIpc) is 2.71. The molecule has 3 N–H and O–H groups in total. The predicted octanol–water partition coefficient (Wildman–Crippen LogP) is 5.00. The van der Waals surface area contributed by atoms with E-state index in [0.29, 0.717) is 27.1 Å². The summed E-state index contributed by atoms with van der Waals surface area (Å²) < 4.78 is 34.4. The van der Waals surface area contributed by atoms with Crippen molar-refractivity contribution in [3.05, 3.63) is 75.8 Å². The second kappa shape index (κ2) is 9.15. The second-order valence-corrected chi connectivity index (χ2v) is 8.93. The molecule has 0 aliphatic carbocycles. The molecule has 162 valence electrons. The molecular weight excluding hydrogens is 463 g/mol. The van der Waals surface area contributed by atoms with Crippen LogP contribution < -0.4 is 19.9 Å². The Morgan fingerprint density at radius 2 is 1.74 bits per heavy atom. The Bertz CT molecular complexity index is 1260. The molecule has 10 heteroatoms. The van der Waals surface area contributed by atoms with Crippen LogP contribution >= 0.6 is 23.2 Å². The first-order valence-electron chi connectivity index (χ1n) is 8.84. The van der Waals surface area contributed by atoms with Gasteiger partial charge in [0, 0.05) is 21.8 Å². The van der Waals surface area contributed by atoms with E-state index in [-0.39, 0.29) is 21.9 Å². The first-order valence-corrected chi connectivity index (χ1v) is 11.1. The van der Waals surface area contributed by atoms with E-state index in [1.807, 2.05) is 0 Å². The molecule has 31 heavy (non-hydrogen) atoms. The van der Waals surface area contributed by atoms with Crippen molar-refractivity contribution < 1.29 is 22.7 Å². The molecule has 0 spiro atoms. The summed E-state index contributed by atoms with van der Waals surface area (Å²) in [6.07, 6.45) is 0. The number of hydrogen-bond acceptors (Lipinski definition) is 5. The largest absolute Gasteiger partial charge is 0.493 e. The molecule has 3 rings (SSSR count). The maximum atomic E-state index is 13.0. The zero-order valence-electron chi connectivity index (χ0n) is 16.5. The third kappa shape index (κ3) is 5.48. The summed E-state index contributed by atoms with van der Waals surface area (Å²) in [6.45, 7) is 1.77. The summed E-state index contributed by atoms with van der Waals surface area (Å²) in [7, 11) is -2.45. The fourth-order valence-corrected chi connectivity index (χ4v) is 3.60. The number of sulfonamides is 1. The molecule has 0 atom stereocenters. The fraction of sp³-hybridized carbons (Fsp3) is 0.0952. The highest BCUT2D eigenvalue weighted by Gasteiger charge is 2.18. The summed E-state index contributed by atoms with van der Waals surface area (Å²) in [5.74, 6) is 0.394. The topological polar surface area (TPSA) is 108 Å². The lowest BCUT2D eigenvalue weighted by Gasteiger charge is -2.15. The molecule has 0 fully saturated rings. The van der Waals surface area contributed by atoms with Crippen LogP contribution in [0.4, 0.5) is 5.69 Å². The van der Waals surface area contributed by atoms with Gasteiger partial charge in [-0.05, 0) is 55.0 Å². The van der Waals surface area contributed by atoms with Crippen LogP contribution in [0.1, 0.15) is 15.9 Å². The number of primary sulfonamides is 1. The number of carbonyl (C=O) groups excluding carboxylic acids is 1. The third-order valence-corrected chi connectivity index (χ3v) is 5.82. The van der Waals surface area contributed by atoms with Gasteiger partial charge in [0.2, 0.25) is 10.0 Å². The Labute approximate surface area is 189 Å². The van der Waals surface area contributed by atoms with E-state index in [2.05, 4.69) is 5.32 Å². The molecule has 0 radical (unpaired) electrons. The molecule has 0 bridgehead atoms. The number of halogens is 2. The first-order chi connectivity index (χ1) is 14.6. The van der Waals surface area contributed by atoms with Crippen molar-refractivity contribution in [2.24, 2.45) is 5.14 Å². The fourth-order valence-electron chi connectivity index (χ4n) is 2.71. The van der Waals surface area contributed by atoms with Crippen LogP contribution in [0, 0.1) is 6.92 Å². The summed E-state index contributed by atoms with van der Waals surface area (Å²) in [4.78, 5) is 12.8. The second-order valence-electron chi connectivity index (χ2n) is 6.52. The molecular formula is C21H18Cl2N2O5S. The highest BCUT2D eigenvalue weighted by atomic mass is 35.5. The van der Waals surface area contributed by atoms with Crippen LogP contribution in [0.5, 0.6) is 17.2 Å². The minimum absolute atomic E-state index is 0.130. The van der Waals surface area contributed by atoms with Crippen LogP contribution in [0.3, 0.4) is 0 Å². The number of nitrogens with two attached hydrogens (primary N) is 1. The number of carbonyl (C=O) groups is 1. The Morgan fingerprint density at radius 1 is 1.00 bits per heavy atom. The van der Waals surface area contributed by atoms with Crippen LogP contribution in [0.2, 0.25) is 10.0 Å². The molecule has 0 aliphatic rings. The van der Waals surface area contributed by atoms with E-state index in [4.69, 9.17) is 37.8 Å². The molecule has 0 aromatic heterocycles. The van der Waals surface area contributed by atoms with E-state index >= 15 is 0 Å². The van der Waals surface area contributed by atoms with Crippen molar-refractivity contribution in [2.75, 3.05) is 12.4 Å². The minimum Gasteiger partial charge on any atom is -0.493 e. The van der Waals surface area contributed by atoms with Crippen molar-refractivity contribution in [3.8, 4) is 17.2 Å². The first kappa shape index (κ1) is 22.9. The molecule has 0 heterocycles. The van der Waals surface area contributed by atoms with Gasteiger partial charge in [0.15, 0.2) is 11.5 Å². The number of methoxy groups -OCH3 is 1. The maximum absolute atomic E-state index is 13.0. The van der Waals surface area contributed by atoms with E-state index in [9.17, 15) is 13.2 Å². The number of ether oxygens (including phenoxy) is 2. The van der Waals surface area contributed by atoms with Crippen LogP contribution in [-0.4, -0.2) is 21.4 Å². The summed E-state index contributed by atoms with van der Waals surface area (Å²) in [5, 5.41) is 8.61. The lowest BCUT2D eigenvalue weighted by molar-refractivity contribution is 0.102. The molecule has 0 saturated carbocycles. The van der Waals surface area contributed by atoms with Crippen molar-refractivity contribution in [2.45, 2.75) is 11.8 Å². The zero-order valence-corrected chi connectivity index (χ0v) is 18.8. The molecule has 7 nitrogen and oxygen atoms in total. The van der Waals surface area contributed by atoms with Crippen LogP contribution in [0.25, 0.3) is 0 Å². The van der Waals surface area contributed by atoms with E-state index in [0.717, 1.165) is 0 Å². The Hall–Kier alpha value is -2.78. The predicted molar refractivity (Wildman–Crippen MR) is 120 cm³/mol. The summed E-state index contributed by atoms with van der Waals surface area (Å²) >= 11 is 12.2. The van der Waals surface area contributed by atoms with E-state index < -0.39 is 15.9 Å². The van der Waals surface area contributed by atoms with E-state index in [1.54, 1.807) is 31.2 Å². The van der Waals surface area contributed by atoms with Gasteiger partial charge in [0.05, 0.1) is 17.6 Å². The number of rotatable bonds is 6. The van der Waals surface area contributed by atoms with Gasteiger partial charge < -0.3 is 14.8 Å². The van der Waals surface area contributed by atoms with Gasteiger partial charge in [0.1, 0.15) is 5.75 Å². The lowest BCUT2D eigenvalue weighted by Crippen LogP contribution is -2.15. The lowest BCUT2D eigenvalue weighted by atomic mass is 10.1. The van der Waals surface area contributed by atoms with E-state index in [1.165, 1.54) is 37.4 Å². The SMILES string of the molecule is COc1cc(Cl)ccc1Oc1cc(C)c(Cl)cc1C(=O)Nc1cccc(S(N)(=O)=O)c1. The molecule has 3 aromatic carbocycles. The number of aryl methyl sites for hydroxylation is 1. The van der Waals surface area contributed by atoms with Gasteiger partial charge in [-0.3, -0.25) is 4.79 Å². The van der Waals surface area contributed by atoms with Crippen molar-refractivity contribution in [1.29, 1.82) is 0 Å². The Morgan fingerprint density at radius 3 is 2.42 bits per heavy atom. The highest BCUT2D eigenvalue weighted by molar-refractivity contribution is 7.89. The van der Waals surface area contributed by atoms with Gasteiger partial charge in [-0.1, -0.05) is 29.3 Å². The smallest absolute Gasteiger partial charge is 0.259 e. The van der Waals surface area contributed by atoms with Gasteiger partial charge >= 0.3 is 0 Å². The van der Waals surface area contributed by atoms with Crippen LogP contribution in [0.15, 0.2) is 59.5 Å². The molecule has 0 saturated heterocycles. The quantitative estimate of drug-likeness (QED) is 0.515. The van der Waals surface area contributed by atoms with Crippen LogP contribution in [-0.2, 0) is 10.0 Å². The number of nitrogens with one attached hydrogen (secondary N) is 1. The number of anilines is 1. The number of benzene rings is 3. The summed E-state index contributed by atoms with van der Waals surface area (Å²) in [5.41, 5.74) is 1.06. The summed E-state index contributed by atoms with van der Waals surface area (Å²) in [6, 6.07) is 13.5. The zero-order chi connectivity index (χ0) is 22.8. The van der Waals surface area contributed by atoms with Gasteiger partial charge in [0.25, 0.3) is 5.91 Å². The van der Waals surface area contributed by atoms with Gasteiger partial charge in [-0.15, -0.1) is 0 Å². The number of hydrogen-bond donors (Lipinski definition) is 2. The number of amides is 1. The Balaban J connectivity index is 1.98. The normalized spacial score (nSPS) is 11.1. The molecule has 1 amide bonds.